The Morgan fingerprint density at radius 3 is 2.48 bits per heavy atom. The lowest BCUT2D eigenvalue weighted by Crippen LogP contribution is -2.34. The van der Waals surface area contributed by atoms with Crippen LogP contribution in [0.25, 0.3) is 0 Å². The summed E-state index contributed by atoms with van der Waals surface area (Å²) in [7, 11) is 0. The number of hydrogen-bond acceptors (Lipinski definition) is 4. The zero-order valence-electron chi connectivity index (χ0n) is 12.8. The number of hydrogen-bond donors (Lipinski definition) is 1. The fourth-order valence-electron chi connectivity index (χ4n) is 1.41. The number of amides is 1. The first kappa shape index (κ1) is 19.4. The van der Waals surface area contributed by atoms with E-state index >= 15 is 0 Å². The third kappa shape index (κ3) is 8.53. The Hall–Kier alpha value is -1.64. The van der Waals surface area contributed by atoms with Crippen molar-refractivity contribution in [2.75, 3.05) is 13.2 Å². The smallest absolute Gasteiger partial charge is 0.492 e. The molecule has 0 aliphatic heterocycles. The van der Waals surface area contributed by atoms with Gasteiger partial charge in [0.1, 0.15) is 23.7 Å². The normalized spacial score (nSPS) is 11.8. The van der Waals surface area contributed by atoms with Gasteiger partial charge in [0.25, 0.3) is 0 Å². The van der Waals surface area contributed by atoms with E-state index < -0.39 is 23.8 Å². The number of alkyl carbamates (subject to hydrolysis) is 1. The molecular weight excluding hydrogens is 383 g/mol. The molecule has 130 valence electrons. The summed E-state index contributed by atoms with van der Waals surface area (Å²) >= 11 is 2.96. The van der Waals surface area contributed by atoms with Crippen molar-refractivity contribution in [2.45, 2.75) is 32.7 Å². The highest BCUT2D eigenvalue weighted by Gasteiger charge is 2.32. The van der Waals surface area contributed by atoms with Crippen molar-refractivity contribution in [3.05, 3.63) is 22.7 Å². The van der Waals surface area contributed by atoms with E-state index in [1.165, 1.54) is 12.1 Å². The minimum Gasteiger partial charge on any atom is -0.492 e. The van der Waals surface area contributed by atoms with E-state index in [-0.39, 0.29) is 23.4 Å². The highest BCUT2D eigenvalue weighted by Crippen LogP contribution is 2.33. The highest BCUT2D eigenvalue weighted by molar-refractivity contribution is 9.10. The zero-order chi connectivity index (χ0) is 17.7. The van der Waals surface area contributed by atoms with Gasteiger partial charge in [0.05, 0.1) is 11.0 Å². The Bertz CT molecular complexity index is 544. The van der Waals surface area contributed by atoms with E-state index in [2.05, 4.69) is 26.0 Å². The first-order valence-corrected chi connectivity index (χ1v) is 7.40. The molecule has 0 heterocycles. The van der Waals surface area contributed by atoms with Crippen molar-refractivity contribution in [3.8, 4) is 11.5 Å². The molecule has 1 aromatic carbocycles. The Morgan fingerprint density at radius 1 is 1.26 bits per heavy atom. The summed E-state index contributed by atoms with van der Waals surface area (Å²) in [5, 5.41) is 2.47. The molecule has 0 radical (unpaired) electrons. The van der Waals surface area contributed by atoms with E-state index in [9.17, 15) is 18.0 Å². The Labute approximate surface area is 140 Å². The van der Waals surface area contributed by atoms with Crippen molar-refractivity contribution in [1.29, 1.82) is 0 Å². The molecular formula is C14H17BrF3NO4. The average molecular weight is 400 g/mol. The fourth-order valence-corrected chi connectivity index (χ4v) is 1.74. The van der Waals surface area contributed by atoms with Gasteiger partial charge in [-0.1, -0.05) is 0 Å². The molecule has 0 unspecified atom stereocenters. The standard InChI is InChI=1S/C14H17BrF3NO4/c1-13(2,3)23-12(20)19-6-7-21-9-4-5-10(15)11(8-9)22-14(16,17)18/h4-5,8H,6-7H2,1-3H3,(H,19,20). The van der Waals surface area contributed by atoms with Gasteiger partial charge >= 0.3 is 12.5 Å². The molecule has 0 fully saturated rings. The monoisotopic (exact) mass is 399 g/mol. The fraction of sp³-hybridized carbons (Fsp3) is 0.500. The number of benzene rings is 1. The molecule has 1 aromatic rings. The van der Waals surface area contributed by atoms with Gasteiger partial charge in [0, 0.05) is 6.07 Å². The molecule has 0 aliphatic rings. The van der Waals surface area contributed by atoms with E-state index in [1.54, 1.807) is 20.8 Å². The maximum Gasteiger partial charge on any atom is 0.573 e. The number of alkyl halides is 3. The number of carbonyl (C=O) groups is 1. The number of ether oxygens (including phenoxy) is 3. The summed E-state index contributed by atoms with van der Waals surface area (Å²) in [6, 6.07) is 3.95. The minimum absolute atomic E-state index is 0.0618. The molecule has 0 saturated carbocycles. The zero-order valence-corrected chi connectivity index (χ0v) is 14.4. The molecule has 1 amide bonds. The summed E-state index contributed by atoms with van der Waals surface area (Å²) < 4.78 is 51.0. The number of rotatable bonds is 5. The molecule has 0 aromatic heterocycles. The van der Waals surface area contributed by atoms with Gasteiger partial charge in [-0.3, -0.25) is 0 Å². The molecule has 9 heteroatoms. The summed E-state index contributed by atoms with van der Waals surface area (Å²) in [5.74, 6) is -0.228. The van der Waals surface area contributed by atoms with Crippen molar-refractivity contribution in [2.24, 2.45) is 0 Å². The SMILES string of the molecule is CC(C)(C)OC(=O)NCCOc1ccc(Br)c(OC(F)(F)F)c1. The van der Waals surface area contributed by atoms with Crippen molar-refractivity contribution < 1.29 is 32.2 Å². The summed E-state index contributed by atoms with van der Waals surface area (Å²) in [4.78, 5) is 11.4. The van der Waals surface area contributed by atoms with Crippen LogP contribution in [0.15, 0.2) is 22.7 Å². The number of halogens is 4. The molecule has 0 bridgehead atoms. The number of carbonyl (C=O) groups excluding carboxylic acids is 1. The molecule has 5 nitrogen and oxygen atoms in total. The summed E-state index contributed by atoms with van der Waals surface area (Å²) in [5.41, 5.74) is -0.611. The average Bonchev–Trinajstić information content (AvgIpc) is 2.34. The maximum absolute atomic E-state index is 12.2. The Balaban J connectivity index is 2.47. The molecule has 0 saturated heterocycles. The predicted molar refractivity (Wildman–Crippen MR) is 80.6 cm³/mol. The van der Waals surface area contributed by atoms with Crippen LogP contribution in [0.4, 0.5) is 18.0 Å². The molecule has 23 heavy (non-hydrogen) atoms. The van der Waals surface area contributed by atoms with Gasteiger partial charge in [-0.25, -0.2) is 4.79 Å². The van der Waals surface area contributed by atoms with Gasteiger partial charge in [-0.05, 0) is 48.8 Å². The first-order valence-electron chi connectivity index (χ1n) is 6.61. The molecule has 1 N–H and O–H groups in total. The van der Waals surface area contributed by atoms with E-state index in [0.29, 0.717) is 0 Å². The second-order valence-electron chi connectivity index (χ2n) is 5.42. The van der Waals surface area contributed by atoms with E-state index in [1.807, 2.05) is 0 Å². The largest absolute Gasteiger partial charge is 0.573 e. The molecule has 1 rings (SSSR count). The summed E-state index contributed by atoms with van der Waals surface area (Å²) in [6.07, 6.45) is -5.39. The molecule has 0 atom stereocenters. The van der Waals surface area contributed by atoms with Crippen molar-refractivity contribution in [3.63, 3.8) is 0 Å². The maximum atomic E-state index is 12.2. The summed E-state index contributed by atoms with van der Waals surface area (Å²) in [6.45, 7) is 5.39. The predicted octanol–water partition coefficient (Wildman–Crippen LogP) is 4.25. The van der Waals surface area contributed by atoms with Crippen LogP contribution < -0.4 is 14.8 Å². The van der Waals surface area contributed by atoms with Gasteiger partial charge in [0.15, 0.2) is 0 Å². The van der Waals surface area contributed by atoms with Crippen molar-refractivity contribution in [1.82, 2.24) is 5.32 Å². The van der Waals surface area contributed by atoms with Gasteiger partial charge in [-0.15, -0.1) is 13.2 Å². The van der Waals surface area contributed by atoms with Crippen LogP contribution in [0.3, 0.4) is 0 Å². The quantitative estimate of drug-likeness (QED) is 0.751. The third-order valence-electron chi connectivity index (χ3n) is 2.17. The lowest BCUT2D eigenvalue weighted by molar-refractivity contribution is -0.274. The van der Waals surface area contributed by atoms with Gasteiger partial charge in [-0.2, -0.15) is 0 Å². The Kier molecular flexibility index (Phi) is 6.55. The van der Waals surface area contributed by atoms with Crippen LogP contribution in [0.1, 0.15) is 20.8 Å². The lowest BCUT2D eigenvalue weighted by atomic mass is 10.2. The van der Waals surface area contributed by atoms with Gasteiger partial charge < -0.3 is 19.5 Å². The van der Waals surface area contributed by atoms with E-state index in [4.69, 9.17) is 9.47 Å². The Morgan fingerprint density at radius 2 is 1.91 bits per heavy atom. The van der Waals surface area contributed by atoms with Crippen LogP contribution >= 0.6 is 15.9 Å². The van der Waals surface area contributed by atoms with Gasteiger partial charge in [0.2, 0.25) is 0 Å². The highest BCUT2D eigenvalue weighted by atomic mass is 79.9. The van der Waals surface area contributed by atoms with Crippen LogP contribution in [-0.2, 0) is 4.74 Å². The first-order chi connectivity index (χ1) is 10.5. The van der Waals surface area contributed by atoms with Crippen LogP contribution in [0.2, 0.25) is 0 Å². The molecule has 0 spiro atoms. The molecule has 0 aliphatic carbocycles. The lowest BCUT2D eigenvalue weighted by Gasteiger charge is -2.19. The van der Waals surface area contributed by atoms with Crippen LogP contribution in [0, 0.1) is 0 Å². The topological polar surface area (TPSA) is 56.8 Å². The third-order valence-corrected chi connectivity index (χ3v) is 2.82. The van der Waals surface area contributed by atoms with Crippen LogP contribution in [-0.4, -0.2) is 31.2 Å². The number of nitrogens with one attached hydrogen (secondary N) is 1. The minimum atomic E-state index is -4.79. The van der Waals surface area contributed by atoms with Crippen LogP contribution in [0.5, 0.6) is 11.5 Å². The van der Waals surface area contributed by atoms with Crippen molar-refractivity contribution >= 4 is 22.0 Å². The second kappa shape index (κ2) is 7.76. The second-order valence-corrected chi connectivity index (χ2v) is 6.27. The van der Waals surface area contributed by atoms with E-state index in [0.717, 1.165) is 6.07 Å².